The predicted molar refractivity (Wildman–Crippen MR) is 84.7 cm³/mol. The number of benzene rings is 3. The SMILES string of the molecule is Nc1cc(Nc2cccc3ccccc23)ccc1[N+](=O)[O-]. The Balaban J connectivity index is 1.99. The molecule has 0 bridgehead atoms. The van der Waals surface area contributed by atoms with Crippen LogP contribution in [0.3, 0.4) is 0 Å². The fourth-order valence-corrected chi connectivity index (χ4v) is 2.29. The molecule has 0 aromatic heterocycles. The highest BCUT2D eigenvalue weighted by atomic mass is 16.6. The van der Waals surface area contributed by atoms with Crippen LogP contribution in [-0.2, 0) is 0 Å². The van der Waals surface area contributed by atoms with Crippen LogP contribution in [0.5, 0.6) is 0 Å². The molecule has 0 saturated carbocycles. The van der Waals surface area contributed by atoms with E-state index in [1.807, 2.05) is 42.5 Å². The lowest BCUT2D eigenvalue weighted by molar-refractivity contribution is -0.383. The number of hydrogen-bond donors (Lipinski definition) is 2. The maximum atomic E-state index is 10.8. The highest BCUT2D eigenvalue weighted by molar-refractivity contribution is 5.95. The van der Waals surface area contributed by atoms with E-state index in [1.165, 1.54) is 6.07 Å². The molecule has 0 aliphatic rings. The van der Waals surface area contributed by atoms with Crippen molar-refractivity contribution in [3.05, 3.63) is 70.8 Å². The van der Waals surface area contributed by atoms with E-state index in [0.29, 0.717) is 0 Å². The zero-order valence-corrected chi connectivity index (χ0v) is 11.1. The normalized spacial score (nSPS) is 10.5. The molecule has 0 radical (unpaired) electrons. The average molecular weight is 279 g/mol. The minimum absolute atomic E-state index is 0.0848. The van der Waals surface area contributed by atoms with Crippen molar-refractivity contribution in [1.29, 1.82) is 0 Å². The molecule has 0 amide bonds. The van der Waals surface area contributed by atoms with Crippen molar-refractivity contribution in [2.45, 2.75) is 0 Å². The lowest BCUT2D eigenvalue weighted by Crippen LogP contribution is -1.97. The van der Waals surface area contributed by atoms with E-state index in [0.717, 1.165) is 22.1 Å². The summed E-state index contributed by atoms with van der Waals surface area (Å²) in [6.45, 7) is 0. The molecular weight excluding hydrogens is 266 g/mol. The van der Waals surface area contributed by atoms with E-state index < -0.39 is 4.92 Å². The van der Waals surface area contributed by atoms with Gasteiger partial charge in [0.05, 0.1) is 4.92 Å². The van der Waals surface area contributed by atoms with Crippen LogP contribution in [0.15, 0.2) is 60.7 Å². The second kappa shape index (κ2) is 5.13. The molecule has 5 heteroatoms. The van der Waals surface area contributed by atoms with E-state index >= 15 is 0 Å². The number of anilines is 3. The topological polar surface area (TPSA) is 81.2 Å². The molecule has 0 atom stereocenters. The van der Waals surface area contributed by atoms with Crippen molar-refractivity contribution in [2.75, 3.05) is 11.1 Å². The molecule has 0 heterocycles. The van der Waals surface area contributed by atoms with Gasteiger partial charge in [-0.3, -0.25) is 10.1 Å². The van der Waals surface area contributed by atoms with Gasteiger partial charge in [0.15, 0.2) is 0 Å². The van der Waals surface area contributed by atoms with Gasteiger partial charge in [0.25, 0.3) is 5.69 Å². The number of nitro groups is 1. The largest absolute Gasteiger partial charge is 0.393 e. The monoisotopic (exact) mass is 279 g/mol. The van der Waals surface area contributed by atoms with Crippen molar-refractivity contribution in [3.63, 3.8) is 0 Å². The summed E-state index contributed by atoms with van der Waals surface area (Å²) >= 11 is 0. The molecule has 0 saturated heterocycles. The minimum Gasteiger partial charge on any atom is -0.393 e. The maximum absolute atomic E-state index is 10.8. The molecule has 0 aliphatic heterocycles. The van der Waals surface area contributed by atoms with Gasteiger partial charge < -0.3 is 11.1 Å². The van der Waals surface area contributed by atoms with Crippen LogP contribution in [0.25, 0.3) is 10.8 Å². The van der Waals surface area contributed by atoms with E-state index in [1.54, 1.807) is 12.1 Å². The fourth-order valence-electron chi connectivity index (χ4n) is 2.29. The summed E-state index contributed by atoms with van der Waals surface area (Å²) in [4.78, 5) is 10.3. The second-order valence-electron chi connectivity index (χ2n) is 4.68. The summed E-state index contributed by atoms with van der Waals surface area (Å²) in [7, 11) is 0. The Labute approximate surface area is 121 Å². The van der Waals surface area contributed by atoms with Crippen molar-refractivity contribution in [2.24, 2.45) is 0 Å². The number of nitrogen functional groups attached to an aromatic ring is 1. The summed E-state index contributed by atoms with van der Waals surface area (Å²) in [6.07, 6.45) is 0. The summed E-state index contributed by atoms with van der Waals surface area (Å²) in [5.41, 5.74) is 7.41. The van der Waals surface area contributed by atoms with Crippen LogP contribution in [-0.4, -0.2) is 4.92 Å². The summed E-state index contributed by atoms with van der Waals surface area (Å²) in [5, 5.41) is 16.2. The van der Waals surface area contributed by atoms with Gasteiger partial charge in [-0.05, 0) is 23.6 Å². The third kappa shape index (κ3) is 2.49. The number of nitrogens with one attached hydrogen (secondary N) is 1. The smallest absolute Gasteiger partial charge is 0.292 e. The highest BCUT2D eigenvalue weighted by Gasteiger charge is 2.11. The lowest BCUT2D eigenvalue weighted by Gasteiger charge is -2.10. The Morgan fingerprint density at radius 1 is 1.00 bits per heavy atom. The first kappa shape index (κ1) is 12.9. The molecule has 21 heavy (non-hydrogen) atoms. The minimum atomic E-state index is -0.489. The molecule has 3 rings (SSSR count). The quantitative estimate of drug-likeness (QED) is 0.430. The van der Waals surface area contributed by atoms with Crippen molar-refractivity contribution in [3.8, 4) is 0 Å². The standard InChI is InChI=1S/C16H13N3O2/c17-14-10-12(8-9-16(14)19(20)21)18-15-7-3-5-11-4-1-2-6-13(11)15/h1-10,18H,17H2. The van der Waals surface area contributed by atoms with Crippen molar-refractivity contribution >= 4 is 33.5 Å². The number of rotatable bonds is 3. The van der Waals surface area contributed by atoms with E-state index in [4.69, 9.17) is 5.73 Å². The van der Waals surface area contributed by atoms with Crippen LogP contribution in [0.1, 0.15) is 0 Å². The third-order valence-corrected chi connectivity index (χ3v) is 3.29. The van der Waals surface area contributed by atoms with Crippen LogP contribution >= 0.6 is 0 Å². The number of hydrogen-bond acceptors (Lipinski definition) is 4. The Hall–Kier alpha value is -3.08. The second-order valence-corrected chi connectivity index (χ2v) is 4.68. The van der Waals surface area contributed by atoms with Crippen LogP contribution in [0.2, 0.25) is 0 Å². The lowest BCUT2D eigenvalue weighted by atomic mass is 10.1. The Morgan fingerprint density at radius 2 is 1.76 bits per heavy atom. The van der Waals surface area contributed by atoms with E-state index in [9.17, 15) is 10.1 Å². The Bertz CT molecular complexity index is 825. The van der Waals surface area contributed by atoms with Crippen LogP contribution < -0.4 is 11.1 Å². The van der Waals surface area contributed by atoms with Crippen molar-refractivity contribution in [1.82, 2.24) is 0 Å². The van der Waals surface area contributed by atoms with Gasteiger partial charge in [-0.1, -0.05) is 36.4 Å². The van der Waals surface area contributed by atoms with Gasteiger partial charge in [-0.15, -0.1) is 0 Å². The van der Waals surface area contributed by atoms with Crippen LogP contribution in [0.4, 0.5) is 22.7 Å². The molecule has 104 valence electrons. The zero-order valence-electron chi connectivity index (χ0n) is 11.1. The first-order valence-corrected chi connectivity index (χ1v) is 6.44. The molecule has 0 fully saturated rings. The predicted octanol–water partition coefficient (Wildman–Crippen LogP) is 4.07. The molecular formula is C16H13N3O2. The molecule has 3 aromatic rings. The van der Waals surface area contributed by atoms with Crippen LogP contribution in [0, 0.1) is 10.1 Å². The highest BCUT2D eigenvalue weighted by Crippen LogP contribution is 2.29. The van der Waals surface area contributed by atoms with Gasteiger partial charge >= 0.3 is 0 Å². The van der Waals surface area contributed by atoms with Gasteiger partial charge in [-0.25, -0.2) is 0 Å². The number of nitrogens with two attached hydrogens (primary N) is 1. The van der Waals surface area contributed by atoms with Gasteiger partial charge in [0.2, 0.25) is 0 Å². The summed E-state index contributed by atoms with van der Waals surface area (Å²) in [5.74, 6) is 0. The third-order valence-electron chi connectivity index (χ3n) is 3.29. The Morgan fingerprint density at radius 3 is 2.52 bits per heavy atom. The zero-order chi connectivity index (χ0) is 14.8. The number of nitrogens with zero attached hydrogens (tertiary/aromatic N) is 1. The number of fused-ring (bicyclic) bond motifs is 1. The average Bonchev–Trinajstić information content (AvgIpc) is 2.47. The Kier molecular flexibility index (Phi) is 3.16. The van der Waals surface area contributed by atoms with E-state index in [-0.39, 0.29) is 11.4 Å². The molecule has 0 unspecified atom stereocenters. The summed E-state index contributed by atoms with van der Waals surface area (Å²) < 4.78 is 0. The van der Waals surface area contributed by atoms with Crippen molar-refractivity contribution < 1.29 is 4.92 Å². The van der Waals surface area contributed by atoms with Gasteiger partial charge in [0, 0.05) is 22.8 Å². The molecule has 3 aromatic carbocycles. The fraction of sp³-hybridized carbons (Fsp3) is 0. The maximum Gasteiger partial charge on any atom is 0.292 e. The summed E-state index contributed by atoms with van der Waals surface area (Å²) in [6, 6.07) is 18.6. The van der Waals surface area contributed by atoms with E-state index in [2.05, 4.69) is 5.32 Å². The molecule has 3 N–H and O–H groups in total. The first-order chi connectivity index (χ1) is 10.1. The molecule has 5 nitrogen and oxygen atoms in total. The molecule has 0 aliphatic carbocycles. The molecule has 0 spiro atoms. The van der Waals surface area contributed by atoms with Gasteiger partial charge in [0.1, 0.15) is 5.69 Å². The first-order valence-electron chi connectivity index (χ1n) is 6.44. The number of nitro benzene ring substituents is 1. The van der Waals surface area contributed by atoms with Gasteiger partial charge in [-0.2, -0.15) is 0 Å².